The summed E-state index contributed by atoms with van der Waals surface area (Å²) in [6.07, 6.45) is 0. The SMILES string of the molecule is Cc1cccc(CSc2nc(NC(C)(C)CO)cc(NS(=O)(=O)N3CC(C)NC(C)C3)n2)c1F. The van der Waals surface area contributed by atoms with E-state index in [0.717, 1.165) is 0 Å². The van der Waals surface area contributed by atoms with Crippen LogP contribution >= 0.6 is 11.8 Å². The fourth-order valence-electron chi connectivity index (χ4n) is 3.62. The predicted octanol–water partition coefficient (Wildman–Crippen LogP) is 2.74. The Bertz CT molecular complexity index is 1110. The molecule has 1 saturated heterocycles. The van der Waals surface area contributed by atoms with Crippen molar-refractivity contribution in [2.75, 3.05) is 29.7 Å². The van der Waals surface area contributed by atoms with Gasteiger partial charge in [-0.25, -0.2) is 14.4 Å². The van der Waals surface area contributed by atoms with E-state index in [1.165, 1.54) is 22.1 Å². The van der Waals surface area contributed by atoms with Crippen LogP contribution in [0.5, 0.6) is 0 Å². The van der Waals surface area contributed by atoms with Crippen LogP contribution in [0.4, 0.5) is 16.0 Å². The van der Waals surface area contributed by atoms with Crippen LogP contribution in [0.1, 0.15) is 38.8 Å². The first-order chi connectivity index (χ1) is 15.9. The van der Waals surface area contributed by atoms with Crippen molar-refractivity contribution in [3.8, 4) is 0 Å². The molecule has 9 nitrogen and oxygen atoms in total. The maximum absolute atomic E-state index is 14.4. The molecule has 1 aliphatic heterocycles. The maximum atomic E-state index is 14.4. The molecular formula is C22H33FN6O3S2. The van der Waals surface area contributed by atoms with Crippen LogP contribution < -0.4 is 15.4 Å². The number of nitrogens with zero attached hydrogens (tertiary/aromatic N) is 3. The third-order valence-electron chi connectivity index (χ3n) is 5.29. The highest BCUT2D eigenvalue weighted by molar-refractivity contribution is 7.98. The number of thioether (sulfide) groups is 1. The fourth-order valence-corrected chi connectivity index (χ4v) is 5.79. The summed E-state index contributed by atoms with van der Waals surface area (Å²) < 4.78 is 44.5. The van der Waals surface area contributed by atoms with Gasteiger partial charge in [-0.3, -0.25) is 4.72 Å². The quantitative estimate of drug-likeness (QED) is 0.299. The summed E-state index contributed by atoms with van der Waals surface area (Å²) in [7, 11) is -3.86. The Labute approximate surface area is 205 Å². The van der Waals surface area contributed by atoms with Crippen molar-refractivity contribution in [3.63, 3.8) is 0 Å². The van der Waals surface area contributed by atoms with Gasteiger partial charge in [0.05, 0.1) is 12.1 Å². The number of rotatable bonds is 9. The zero-order valence-corrected chi connectivity index (χ0v) is 21.7. The third kappa shape index (κ3) is 7.01. The minimum Gasteiger partial charge on any atom is -0.394 e. The zero-order chi connectivity index (χ0) is 25.1. The van der Waals surface area contributed by atoms with Crippen molar-refractivity contribution in [1.29, 1.82) is 0 Å². The lowest BCUT2D eigenvalue weighted by Gasteiger charge is -2.35. The van der Waals surface area contributed by atoms with Gasteiger partial charge in [-0.1, -0.05) is 30.0 Å². The van der Waals surface area contributed by atoms with Crippen LogP contribution in [0, 0.1) is 12.7 Å². The van der Waals surface area contributed by atoms with E-state index in [9.17, 15) is 17.9 Å². The molecule has 12 heteroatoms. The number of nitrogens with one attached hydrogen (secondary N) is 3. The van der Waals surface area contributed by atoms with E-state index in [1.54, 1.807) is 39.0 Å². The summed E-state index contributed by atoms with van der Waals surface area (Å²) in [4.78, 5) is 8.82. The van der Waals surface area contributed by atoms with E-state index in [-0.39, 0.29) is 41.2 Å². The molecule has 0 spiro atoms. The lowest BCUT2D eigenvalue weighted by Crippen LogP contribution is -2.56. The van der Waals surface area contributed by atoms with Crippen LogP contribution in [0.3, 0.4) is 0 Å². The molecular weight excluding hydrogens is 479 g/mol. The van der Waals surface area contributed by atoms with E-state index >= 15 is 0 Å². The van der Waals surface area contributed by atoms with Crippen molar-refractivity contribution in [2.24, 2.45) is 0 Å². The Kier molecular flexibility index (Phi) is 8.40. The second-order valence-electron chi connectivity index (χ2n) is 9.32. The number of halogens is 1. The molecule has 1 aromatic carbocycles. The second kappa shape index (κ2) is 10.7. The van der Waals surface area contributed by atoms with Crippen molar-refractivity contribution < 1.29 is 17.9 Å². The molecule has 1 aliphatic rings. The van der Waals surface area contributed by atoms with Gasteiger partial charge in [-0.05, 0) is 45.7 Å². The zero-order valence-electron chi connectivity index (χ0n) is 20.1. The average Bonchev–Trinajstić information content (AvgIpc) is 2.73. The van der Waals surface area contributed by atoms with Gasteiger partial charge >= 0.3 is 10.2 Å². The molecule has 2 unspecified atom stereocenters. The van der Waals surface area contributed by atoms with E-state index in [0.29, 0.717) is 30.0 Å². The third-order valence-corrected chi connectivity index (χ3v) is 7.63. The number of aliphatic hydroxyl groups is 1. The highest BCUT2D eigenvalue weighted by Crippen LogP contribution is 2.27. The number of anilines is 2. The maximum Gasteiger partial charge on any atom is 0.302 e. The standard InChI is InChI=1S/C22H33FN6O3S2/c1-14-7-6-8-17(20(14)23)12-33-21-25-18(27-22(4,5)13-30)9-19(26-21)28-34(31,32)29-10-15(2)24-16(3)11-29/h6-9,15-16,24,30H,10-13H2,1-5H3,(H2,25,26,27,28). The van der Waals surface area contributed by atoms with Gasteiger partial charge < -0.3 is 15.7 Å². The summed E-state index contributed by atoms with van der Waals surface area (Å²) in [5.74, 6) is 0.436. The van der Waals surface area contributed by atoms with E-state index in [4.69, 9.17) is 0 Å². The summed E-state index contributed by atoms with van der Waals surface area (Å²) >= 11 is 1.20. The molecule has 0 amide bonds. The van der Waals surface area contributed by atoms with Crippen LogP contribution in [-0.2, 0) is 16.0 Å². The Morgan fingerprint density at radius 3 is 2.53 bits per heavy atom. The van der Waals surface area contributed by atoms with Gasteiger partial charge in [0.25, 0.3) is 0 Å². The molecule has 1 aromatic heterocycles. The molecule has 4 N–H and O–H groups in total. The van der Waals surface area contributed by atoms with Gasteiger partial charge in [-0.15, -0.1) is 0 Å². The average molecular weight is 513 g/mol. The van der Waals surface area contributed by atoms with Crippen molar-refractivity contribution in [1.82, 2.24) is 19.6 Å². The van der Waals surface area contributed by atoms with Gasteiger partial charge in [0.15, 0.2) is 5.16 Å². The first-order valence-electron chi connectivity index (χ1n) is 11.1. The highest BCUT2D eigenvalue weighted by atomic mass is 32.2. The Morgan fingerprint density at radius 1 is 1.24 bits per heavy atom. The predicted molar refractivity (Wildman–Crippen MR) is 134 cm³/mol. The number of hydrogen-bond donors (Lipinski definition) is 4. The van der Waals surface area contributed by atoms with Gasteiger partial charge in [-0.2, -0.15) is 12.7 Å². The summed E-state index contributed by atoms with van der Waals surface area (Å²) in [5.41, 5.74) is 0.360. The summed E-state index contributed by atoms with van der Waals surface area (Å²) in [5, 5.41) is 16.3. The van der Waals surface area contributed by atoms with Crippen LogP contribution in [0.25, 0.3) is 0 Å². The number of benzene rings is 1. The summed E-state index contributed by atoms with van der Waals surface area (Å²) in [6, 6.07) is 6.70. The molecule has 0 aliphatic carbocycles. The van der Waals surface area contributed by atoms with Crippen LogP contribution in [-0.4, -0.2) is 65.1 Å². The Hall–Kier alpha value is -1.99. The molecule has 2 aromatic rings. The molecule has 2 heterocycles. The van der Waals surface area contributed by atoms with E-state index in [1.807, 2.05) is 13.8 Å². The number of hydrogen-bond acceptors (Lipinski definition) is 8. The first kappa shape index (κ1) is 26.6. The lowest BCUT2D eigenvalue weighted by atomic mass is 10.1. The van der Waals surface area contributed by atoms with Gasteiger partial charge in [0, 0.05) is 37.0 Å². The van der Waals surface area contributed by atoms with Gasteiger partial charge in [0.1, 0.15) is 17.5 Å². The summed E-state index contributed by atoms with van der Waals surface area (Å²) in [6.45, 7) is 9.65. The Morgan fingerprint density at radius 2 is 1.88 bits per heavy atom. The lowest BCUT2D eigenvalue weighted by molar-refractivity contribution is 0.234. The molecule has 3 rings (SSSR count). The first-order valence-corrected chi connectivity index (χ1v) is 13.5. The number of aliphatic hydroxyl groups excluding tert-OH is 1. The minimum atomic E-state index is -3.86. The molecule has 188 valence electrons. The second-order valence-corrected chi connectivity index (χ2v) is 11.9. The van der Waals surface area contributed by atoms with Crippen molar-refractivity contribution in [2.45, 2.75) is 63.2 Å². The smallest absolute Gasteiger partial charge is 0.302 e. The van der Waals surface area contributed by atoms with Gasteiger partial charge in [0.2, 0.25) is 0 Å². The minimum absolute atomic E-state index is 0.0173. The molecule has 2 atom stereocenters. The number of aromatic nitrogens is 2. The van der Waals surface area contributed by atoms with E-state index < -0.39 is 15.7 Å². The van der Waals surface area contributed by atoms with E-state index in [2.05, 4.69) is 25.3 Å². The largest absolute Gasteiger partial charge is 0.394 e. The molecule has 0 radical (unpaired) electrons. The van der Waals surface area contributed by atoms with Crippen LogP contribution in [0.2, 0.25) is 0 Å². The molecule has 34 heavy (non-hydrogen) atoms. The monoisotopic (exact) mass is 512 g/mol. The Balaban J connectivity index is 1.87. The molecule has 1 fully saturated rings. The number of aryl methyl sites for hydroxylation is 1. The molecule has 0 saturated carbocycles. The normalized spacial score (nSPS) is 19.7. The topological polar surface area (TPSA) is 119 Å². The fraction of sp³-hybridized carbons (Fsp3) is 0.545. The van der Waals surface area contributed by atoms with Crippen molar-refractivity contribution in [3.05, 3.63) is 41.2 Å². The van der Waals surface area contributed by atoms with Crippen molar-refractivity contribution >= 4 is 33.6 Å². The highest BCUT2D eigenvalue weighted by Gasteiger charge is 2.30. The molecule has 0 bridgehead atoms. The number of piperazine rings is 1. The van der Waals surface area contributed by atoms with Crippen LogP contribution in [0.15, 0.2) is 29.4 Å².